The molecule has 0 spiro atoms. The van der Waals surface area contributed by atoms with Crippen LogP contribution in [0.4, 0.5) is 5.69 Å². The zero-order valence-electron chi connectivity index (χ0n) is 12.0. The monoisotopic (exact) mass is 280 g/mol. The third-order valence-corrected chi connectivity index (χ3v) is 5.26. The molecule has 3 N–H and O–H groups in total. The first-order chi connectivity index (χ1) is 9.05. The van der Waals surface area contributed by atoms with Crippen LogP contribution in [0.25, 0.3) is 0 Å². The van der Waals surface area contributed by atoms with Gasteiger partial charge >= 0.3 is 0 Å². The van der Waals surface area contributed by atoms with Gasteiger partial charge in [0.1, 0.15) is 0 Å². The quantitative estimate of drug-likeness (QED) is 0.755. The van der Waals surface area contributed by atoms with Crippen LogP contribution in [-0.4, -0.2) is 23.5 Å². The maximum absolute atomic E-state index is 11.9. The predicted octanol–water partition coefficient (Wildman–Crippen LogP) is 2.85. The van der Waals surface area contributed by atoms with E-state index in [1.54, 1.807) is 0 Å². The van der Waals surface area contributed by atoms with Crippen molar-refractivity contribution in [1.82, 2.24) is 5.32 Å². The summed E-state index contributed by atoms with van der Waals surface area (Å²) in [6.45, 7) is 5.08. The Bertz CT molecular complexity index is 391. The first-order valence-electron chi connectivity index (χ1n) is 6.71. The molecule has 1 aromatic rings. The molecule has 1 amide bonds. The fourth-order valence-electron chi connectivity index (χ4n) is 2.00. The molecular weight excluding hydrogens is 256 g/mol. The van der Waals surface area contributed by atoms with E-state index < -0.39 is 0 Å². The second kappa shape index (κ2) is 7.43. The number of rotatable bonds is 7. The highest BCUT2D eigenvalue weighted by atomic mass is 32.2. The Kier molecular flexibility index (Phi) is 6.22. The molecule has 1 rings (SSSR count). The minimum atomic E-state index is 0.0742. The van der Waals surface area contributed by atoms with Crippen molar-refractivity contribution in [3.8, 4) is 0 Å². The van der Waals surface area contributed by atoms with Gasteiger partial charge in [-0.05, 0) is 36.8 Å². The van der Waals surface area contributed by atoms with Gasteiger partial charge in [0.2, 0.25) is 5.91 Å². The number of benzene rings is 1. The molecular formula is C15H24N2OS. The lowest BCUT2D eigenvalue weighted by Gasteiger charge is -2.29. The largest absolute Gasteiger partial charge is 0.399 e. The summed E-state index contributed by atoms with van der Waals surface area (Å²) in [7, 11) is 0. The molecule has 0 radical (unpaired) electrons. The lowest BCUT2D eigenvalue weighted by Crippen LogP contribution is -2.40. The first-order valence-corrected chi connectivity index (χ1v) is 7.94. The average Bonchev–Trinajstić information content (AvgIpc) is 2.44. The van der Waals surface area contributed by atoms with Crippen LogP contribution in [0.15, 0.2) is 24.3 Å². The summed E-state index contributed by atoms with van der Waals surface area (Å²) in [5.74, 6) is 0.0742. The van der Waals surface area contributed by atoms with Crippen LogP contribution >= 0.6 is 11.8 Å². The van der Waals surface area contributed by atoms with Crippen LogP contribution in [0.5, 0.6) is 0 Å². The van der Waals surface area contributed by atoms with Gasteiger partial charge < -0.3 is 11.1 Å². The van der Waals surface area contributed by atoms with Gasteiger partial charge in [-0.25, -0.2) is 0 Å². The zero-order chi connectivity index (χ0) is 14.3. The Morgan fingerprint density at radius 1 is 1.26 bits per heavy atom. The number of carbonyl (C=O) groups excluding carboxylic acids is 1. The number of hydrogen-bond donors (Lipinski definition) is 2. The third-order valence-electron chi connectivity index (χ3n) is 3.67. The molecule has 0 atom stereocenters. The van der Waals surface area contributed by atoms with Crippen molar-refractivity contribution in [2.24, 2.45) is 0 Å². The molecule has 0 saturated carbocycles. The van der Waals surface area contributed by atoms with Gasteiger partial charge in [-0.15, -0.1) is 0 Å². The standard InChI is InChI=1S/C15H24N2OS/c1-4-15(5-2,19-3)11-17-14(18)10-12-6-8-13(16)9-7-12/h6-9H,4-5,10-11,16H2,1-3H3,(H,17,18). The molecule has 0 aromatic heterocycles. The van der Waals surface area contributed by atoms with Gasteiger partial charge in [0.05, 0.1) is 6.42 Å². The lowest BCUT2D eigenvalue weighted by atomic mass is 10.0. The number of nitrogens with one attached hydrogen (secondary N) is 1. The van der Waals surface area contributed by atoms with Crippen molar-refractivity contribution in [3.05, 3.63) is 29.8 Å². The van der Waals surface area contributed by atoms with E-state index in [1.165, 1.54) is 0 Å². The van der Waals surface area contributed by atoms with Crippen molar-refractivity contribution in [3.63, 3.8) is 0 Å². The molecule has 0 heterocycles. The number of nitrogens with two attached hydrogens (primary N) is 1. The Morgan fingerprint density at radius 2 is 1.84 bits per heavy atom. The third kappa shape index (κ3) is 4.78. The van der Waals surface area contributed by atoms with Crippen molar-refractivity contribution in [2.75, 3.05) is 18.5 Å². The minimum Gasteiger partial charge on any atom is -0.399 e. The summed E-state index contributed by atoms with van der Waals surface area (Å²) >= 11 is 1.84. The van der Waals surface area contributed by atoms with E-state index in [9.17, 15) is 4.79 Å². The topological polar surface area (TPSA) is 55.1 Å². The van der Waals surface area contributed by atoms with Crippen LogP contribution in [-0.2, 0) is 11.2 Å². The molecule has 0 saturated heterocycles. The number of anilines is 1. The van der Waals surface area contributed by atoms with Crippen molar-refractivity contribution in [2.45, 2.75) is 37.9 Å². The van der Waals surface area contributed by atoms with Gasteiger partial charge in [-0.3, -0.25) is 4.79 Å². The highest BCUT2D eigenvalue weighted by Gasteiger charge is 2.25. The van der Waals surface area contributed by atoms with Crippen molar-refractivity contribution < 1.29 is 4.79 Å². The maximum atomic E-state index is 11.9. The normalized spacial score (nSPS) is 11.3. The highest BCUT2D eigenvalue weighted by Crippen LogP contribution is 2.29. The van der Waals surface area contributed by atoms with E-state index in [0.717, 1.165) is 30.6 Å². The van der Waals surface area contributed by atoms with Gasteiger partial charge in [0.25, 0.3) is 0 Å². The van der Waals surface area contributed by atoms with Crippen LogP contribution in [0, 0.1) is 0 Å². The summed E-state index contributed by atoms with van der Waals surface area (Å²) in [6.07, 6.45) is 4.65. The van der Waals surface area contributed by atoms with Crippen molar-refractivity contribution >= 4 is 23.4 Å². The molecule has 3 nitrogen and oxygen atoms in total. The van der Waals surface area contributed by atoms with E-state index in [1.807, 2.05) is 36.0 Å². The summed E-state index contributed by atoms with van der Waals surface area (Å²) in [5.41, 5.74) is 7.34. The molecule has 106 valence electrons. The SMILES string of the molecule is CCC(CC)(CNC(=O)Cc1ccc(N)cc1)SC. The summed E-state index contributed by atoms with van der Waals surface area (Å²) in [4.78, 5) is 11.9. The van der Waals surface area contributed by atoms with Crippen LogP contribution in [0.3, 0.4) is 0 Å². The smallest absolute Gasteiger partial charge is 0.224 e. The van der Waals surface area contributed by atoms with Gasteiger partial charge in [-0.2, -0.15) is 11.8 Å². The lowest BCUT2D eigenvalue weighted by molar-refractivity contribution is -0.120. The number of thioether (sulfide) groups is 1. The van der Waals surface area contributed by atoms with Gasteiger partial charge in [0.15, 0.2) is 0 Å². The molecule has 0 bridgehead atoms. The molecule has 0 unspecified atom stereocenters. The first kappa shape index (κ1) is 15.9. The van der Waals surface area contributed by atoms with E-state index in [2.05, 4.69) is 25.4 Å². The van der Waals surface area contributed by atoms with E-state index >= 15 is 0 Å². The molecule has 4 heteroatoms. The molecule has 1 aromatic carbocycles. The molecule has 0 aliphatic carbocycles. The number of carbonyl (C=O) groups is 1. The Hall–Kier alpha value is -1.16. The van der Waals surface area contributed by atoms with Crippen LogP contribution < -0.4 is 11.1 Å². The number of hydrogen-bond acceptors (Lipinski definition) is 3. The Morgan fingerprint density at radius 3 is 2.32 bits per heavy atom. The van der Waals surface area contributed by atoms with Crippen molar-refractivity contribution in [1.29, 1.82) is 0 Å². The zero-order valence-corrected chi connectivity index (χ0v) is 12.8. The number of amides is 1. The second-order valence-corrected chi connectivity index (χ2v) is 6.06. The van der Waals surface area contributed by atoms with Gasteiger partial charge in [0, 0.05) is 17.0 Å². The number of nitrogen functional groups attached to an aromatic ring is 1. The van der Waals surface area contributed by atoms with E-state index in [4.69, 9.17) is 5.73 Å². The van der Waals surface area contributed by atoms with E-state index in [-0.39, 0.29) is 10.7 Å². The van der Waals surface area contributed by atoms with Crippen LogP contribution in [0.1, 0.15) is 32.3 Å². The molecule has 0 aliphatic heterocycles. The fourth-order valence-corrected chi connectivity index (χ4v) is 2.80. The Balaban J connectivity index is 2.49. The summed E-state index contributed by atoms with van der Waals surface area (Å²) < 4.78 is 0.163. The predicted molar refractivity (Wildman–Crippen MR) is 84.4 cm³/mol. The average molecular weight is 280 g/mol. The summed E-state index contributed by atoms with van der Waals surface area (Å²) in [5, 5.41) is 3.05. The fraction of sp³-hybridized carbons (Fsp3) is 0.533. The van der Waals surface area contributed by atoms with Crippen LogP contribution in [0.2, 0.25) is 0 Å². The molecule has 0 fully saturated rings. The highest BCUT2D eigenvalue weighted by molar-refractivity contribution is 8.00. The molecule has 19 heavy (non-hydrogen) atoms. The Labute approximate surface area is 120 Å². The minimum absolute atomic E-state index is 0.0742. The molecule has 0 aliphatic rings. The van der Waals surface area contributed by atoms with E-state index in [0.29, 0.717) is 6.42 Å². The van der Waals surface area contributed by atoms with Gasteiger partial charge in [-0.1, -0.05) is 26.0 Å². The maximum Gasteiger partial charge on any atom is 0.224 e. The summed E-state index contributed by atoms with van der Waals surface area (Å²) in [6, 6.07) is 7.45. The second-order valence-electron chi connectivity index (χ2n) is 4.79.